The molecule has 1 nitrogen and oxygen atoms in total. The third kappa shape index (κ3) is 4.69. The third-order valence-electron chi connectivity index (χ3n) is 1.79. The topological polar surface area (TPSA) is 3.01 Å². The van der Waals surface area contributed by atoms with E-state index < -0.39 is 0 Å². The normalized spacial score (nSPS) is 9.00. The van der Waals surface area contributed by atoms with E-state index in [2.05, 4.69) is 42.5 Å². The largest absolute Gasteiger partial charge is 1.00 e. The molecule has 0 bridgehead atoms. The molecule has 0 aromatic heterocycles. The molecule has 1 aromatic carbocycles. The van der Waals surface area contributed by atoms with Gasteiger partial charge in [-0.25, -0.2) is 4.58 Å². The monoisotopic (exact) mass is 197 g/mol. The molecule has 0 radical (unpaired) electrons. The van der Waals surface area contributed by atoms with Crippen LogP contribution in [0.3, 0.4) is 0 Å². The van der Waals surface area contributed by atoms with Crippen molar-refractivity contribution in [3.05, 3.63) is 35.9 Å². The minimum Gasteiger partial charge on any atom is -1.00 e. The van der Waals surface area contributed by atoms with E-state index in [1.807, 2.05) is 6.07 Å². The van der Waals surface area contributed by atoms with Crippen LogP contribution in [0.4, 0.5) is 0 Å². The van der Waals surface area contributed by atoms with Gasteiger partial charge in [0.05, 0.1) is 0 Å². The summed E-state index contributed by atoms with van der Waals surface area (Å²) in [5, 5.41) is 0. The molecule has 0 fully saturated rings. The number of rotatable bonds is 4. The lowest BCUT2D eigenvalue weighted by Crippen LogP contribution is -3.00. The van der Waals surface area contributed by atoms with Crippen LogP contribution < -0.4 is 12.4 Å². The second-order valence-corrected chi connectivity index (χ2v) is 3.04. The molecule has 1 aromatic rings. The first-order chi connectivity index (χ1) is 5.83. The maximum absolute atomic E-state index is 3.96. The standard InChI is InChI=1S/C11H16N.ClH/c1-3-9-12(2)10-11-7-5-4-6-8-11;/h4-8H,2-3,9-10H2,1H3;1H/q+1;/p-1. The number of halogens is 1. The highest BCUT2D eigenvalue weighted by Crippen LogP contribution is 1.99. The molecule has 0 spiro atoms. The molecule has 1 rings (SSSR count). The molecular weight excluding hydrogens is 182 g/mol. The predicted molar refractivity (Wildman–Crippen MR) is 52.7 cm³/mol. The van der Waals surface area contributed by atoms with Crippen LogP contribution in [0.15, 0.2) is 30.3 Å². The highest BCUT2D eigenvalue weighted by Gasteiger charge is 1.99. The van der Waals surface area contributed by atoms with Crippen molar-refractivity contribution in [1.29, 1.82) is 0 Å². The summed E-state index contributed by atoms with van der Waals surface area (Å²) in [6.07, 6.45) is 1.16. The summed E-state index contributed by atoms with van der Waals surface area (Å²) in [6.45, 7) is 8.14. The Labute approximate surface area is 86.5 Å². The van der Waals surface area contributed by atoms with Crippen molar-refractivity contribution in [2.45, 2.75) is 19.9 Å². The highest BCUT2D eigenvalue weighted by molar-refractivity contribution is 5.17. The molecule has 0 aliphatic carbocycles. The molecule has 0 amide bonds. The Balaban J connectivity index is 0.00000144. The van der Waals surface area contributed by atoms with Crippen LogP contribution in [0.1, 0.15) is 18.9 Å². The fourth-order valence-corrected chi connectivity index (χ4v) is 1.24. The summed E-state index contributed by atoms with van der Waals surface area (Å²) in [4.78, 5) is 0. The number of benzene rings is 1. The molecule has 2 heteroatoms. The molecule has 0 atom stereocenters. The molecule has 72 valence electrons. The van der Waals surface area contributed by atoms with Crippen molar-refractivity contribution in [3.8, 4) is 0 Å². The fourth-order valence-electron chi connectivity index (χ4n) is 1.24. The smallest absolute Gasteiger partial charge is 0.167 e. The Morgan fingerprint density at radius 2 is 1.85 bits per heavy atom. The van der Waals surface area contributed by atoms with Crippen molar-refractivity contribution in [2.75, 3.05) is 6.54 Å². The third-order valence-corrected chi connectivity index (χ3v) is 1.79. The summed E-state index contributed by atoms with van der Waals surface area (Å²) in [5.41, 5.74) is 1.33. The first-order valence-electron chi connectivity index (χ1n) is 4.42. The van der Waals surface area contributed by atoms with Crippen LogP contribution in [-0.2, 0) is 6.54 Å². The van der Waals surface area contributed by atoms with E-state index in [9.17, 15) is 0 Å². The molecule has 0 heterocycles. The molecule has 0 aliphatic rings. The van der Waals surface area contributed by atoms with Gasteiger partial charge in [-0.1, -0.05) is 37.3 Å². The second kappa shape index (κ2) is 6.67. The molecular formula is C11H16ClN. The SMILES string of the molecule is C=[N+](CCC)Cc1ccccc1.[Cl-]. The number of hydrogen-bond acceptors (Lipinski definition) is 0. The van der Waals surface area contributed by atoms with Gasteiger partial charge in [-0.05, 0) is 0 Å². The van der Waals surface area contributed by atoms with Crippen LogP contribution in [0.25, 0.3) is 0 Å². The molecule has 0 aliphatic heterocycles. The van der Waals surface area contributed by atoms with Crippen molar-refractivity contribution in [2.24, 2.45) is 0 Å². The van der Waals surface area contributed by atoms with E-state index >= 15 is 0 Å². The van der Waals surface area contributed by atoms with Gasteiger partial charge < -0.3 is 12.4 Å². The van der Waals surface area contributed by atoms with Crippen molar-refractivity contribution in [1.82, 2.24) is 0 Å². The average molecular weight is 198 g/mol. The van der Waals surface area contributed by atoms with E-state index in [-0.39, 0.29) is 12.4 Å². The quantitative estimate of drug-likeness (QED) is 0.444. The maximum Gasteiger partial charge on any atom is 0.167 e. The summed E-state index contributed by atoms with van der Waals surface area (Å²) in [7, 11) is 0. The van der Waals surface area contributed by atoms with Crippen molar-refractivity contribution < 1.29 is 17.0 Å². The van der Waals surface area contributed by atoms with Crippen LogP contribution in [-0.4, -0.2) is 17.8 Å². The zero-order valence-electron chi connectivity index (χ0n) is 8.04. The van der Waals surface area contributed by atoms with Crippen molar-refractivity contribution in [3.63, 3.8) is 0 Å². The second-order valence-electron chi connectivity index (χ2n) is 3.04. The molecule has 0 N–H and O–H groups in total. The van der Waals surface area contributed by atoms with Gasteiger partial charge in [0.25, 0.3) is 0 Å². The Bertz CT molecular complexity index is 244. The first-order valence-corrected chi connectivity index (χ1v) is 4.42. The molecule has 0 saturated heterocycles. The first kappa shape index (κ1) is 12.2. The van der Waals surface area contributed by atoms with E-state index in [1.54, 1.807) is 0 Å². The van der Waals surface area contributed by atoms with E-state index in [0.717, 1.165) is 19.5 Å². The summed E-state index contributed by atoms with van der Waals surface area (Å²) >= 11 is 0. The van der Waals surface area contributed by atoms with Gasteiger partial charge in [-0.15, -0.1) is 0 Å². The molecule has 0 saturated carbocycles. The fraction of sp³-hybridized carbons (Fsp3) is 0.364. The number of nitrogens with zero attached hydrogens (tertiary/aromatic N) is 1. The Hall–Kier alpha value is -0.820. The predicted octanol–water partition coefficient (Wildman–Crippen LogP) is -0.686. The van der Waals surface area contributed by atoms with Gasteiger partial charge in [-0.3, -0.25) is 0 Å². The average Bonchev–Trinajstić information content (AvgIpc) is 2.06. The summed E-state index contributed by atoms with van der Waals surface area (Å²) < 4.78 is 2.09. The Morgan fingerprint density at radius 1 is 1.23 bits per heavy atom. The van der Waals surface area contributed by atoms with E-state index in [0.29, 0.717) is 0 Å². The van der Waals surface area contributed by atoms with Crippen LogP contribution in [0.5, 0.6) is 0 Å². The van der Waals surface area contributed by atoms with Gasteiger partial charge >= 0.3 is 0 Å². The minimum absolute atomic E-state index is 0. The zero-order chi connectivity index (χ0) is 8.81. The number of hydrogen-bond donors (Lipinski definition) is 0. The Kier molecular flexibility index (Phi) is 6.25. The van der Waals surface area contributed by atoms with Gasteiger partial charge in [0, 0.05) is 12.0 Å². The van der Waals surface area contributed by atoms with Crippen LogP contribution >= 0.6 is 0 Å². The molecule has 0 unspecified atom stereocenters. The van der Waals surface area contributed by atoms with Gasteiger partial charge in [0.1, 0.15) is 13.3 Å². The van der Waals surface area contributed by atoms with Crippen LogP contribution in [0.2, 0.25) is 0 Å². The highest BCUT2D eigenvalue weighted by atomic mass is 35.5. The summed E-state index contributed by atoms with van der Waals surface area (Å²) in [6, 6.07) is 10.4. The van der Waals surface area contributed by atoms with Gasteiger partial charge in [0.15, 0.2) is 6.54 Å². The maximum atomic E-state index is 3.96. The zero-order valence-corrected chi connectivity index (χ0v) is 8.80. The van der Waals surface area contributed by atoms with E-state index in [1.165, 1.54) is 5.56 Å². The van der Waals surface area contributed by atoms with Crippen LogP contribution in [0, 0.1) is 0 Å². The summed E-state index contributed by atoms with van der Waals surface area (Å²) in [5.74, 6) is 0. The lowest BCUT2D eigenvalue weighted by atomic mass is 10.2. The van der Waals surface area contributed by atoms with Gasteiger partial charge in [0.2, 0.25) is 0 Å². The Morgan fingerprint density at radius 3 is 2.38 bits per heavy atom. The lowest BCUT2D eigenvalue weighted by molar-refractivity contribution is -0.535. The molecule has 13 heavy (non-hydrogen) atoms. The lowest BCUT2D eigenvalue weighted by Gasteiger charge is -1.99. The van der Waals surface area contributed by atoms with Crippen molar-refractivity contribution >= 4 is 6.72 Å². The van der Waals surface area contributed by atoms with E-state index in [4.69, 9.17) is 0 Å². The minimum atomic E-state index is 0. The van der Waals surface area contributed by atoms with Gasteiger partial charge in [-0.2, -0.15) is 0 Å².